The lowest BCUT2D eigenvalue weighted by atomic mass is 10.0. The minimum atomic E-state index is -4.43. The highest BCUT2D eigenvalue weighted by atomic mass is 35.5. The lowest BCUT2D eigenvalue weighted by Crippen LogP contribution is -2.33. The first kappa shape index (κ1) is 27.3. The number of carbonyl (C=O) groups excluding carboxylic acids is 1. The summed E-state index contributed by atoms with van der Waals surface area (Å²) in [7, 11) is 1.68. The van der Waals surface area contributed by atoms with Crippen LogP contribution in [0.5, 0.6) is 0 Å². The zero-order valence-electron chi connectivity index (χ0n) is 22.7. The quantitative estimate of drug-likeness (QED) is 0.246. The van der Waals surface area contributed by atoms with Crippen LogP contribution in [0, 0.1) is 18.8 Å². The van der Waals surface area contributed by atoms with E-state index in [0.717, 1.165) is 23.5 Å². The number of Topliss-reactive ketones (excluding diaryl/α,β-unsaturated/α-hetero) is 1. The standard InChI is InChI=1S/C28H27ClF3N7O2/c1-13-7-17(14(2)34-21-5-6-22(29)35-23(21)15(3)40)24-18(8-13)26(41)37(4)27(36-24)38-11-19-20(12-38)25(19)39-10-16(9-33-39)28(30,31)32/h5-10,14,19-20,25,34H,11-12H2,1-4H3/t14-,19-,20+,25?/m1/s1. The van der Waals surface area contributed by atoms with Crippen LogP contribution >= 0.6 is 11.6 Å². The fraction of sp³-hybridized carbons (Fsp3) is 0.393. The van der Waals surface area contributed by atoms with Crippen molar-refractivity contribution in [3.8, 4) is 0 Å². The number of benzene rings is 1. The molecule has 6 rings (SSSR count). The van der Waals surface area contributed by atoms with Gasteiger partial charge in [0.05, 0.1) is 40.4 Å². The molecule has 214 valence electrons. The molecule has 1 unspecified atom stereocenters. The Bertz CT molecular complexity index is 1750. The highest BCUT2D eigenvalue weighted by molar-refractivity contribution is 6.29. The lowest BCUT2D eigenvalue weighted by molar-refractivity contribution is -0.137. The monoisotopic (exact) mass is 585 g/mol. The van der Waals surface area contributed by atoms with E-state index >= 15 is 0 Å². The number of alkyl halides is 3. The Morgan fingerprint density at radius 2 is 1.88 bits per heavy atom. The van der Waals surface area contributed by atoms with E-state index in [9.17, 15) is 22.8 Å². The molecule has 1 aliphatic heterocycles. The highest BCUT2D eigenvalue weighted by Crippen LogP contribution is 2.55. The summed E-state index contributed by atoms with van der Waals surface area (Å²) < 4.78 is 42.1. The summed E-state index contributed by atoms with van der Waals surface area (Å²) in [5.74, 6) is 0.495. The molecule has 9 nitrogen and oxygen atoms in total. The molecule has 4 aromatic rings. The van der Waals surface area contributed by atoms with Gasteiger partial charge in [-0.15, -0.1) is 0 Å². The molecule has 13 heteroatoms. The first-order chi connectivity index (χ1) is 19.3. The third kappa shape index (κ3) is 4.73. The summed E-state index contributed by atoms with van der Waals surface area (Å²) in [5.41, 5.74) is 1.99. The van der Waals surface area contributed by atoms with Crippen LogP contribution in [0.25, 0.3) is 10.9 Å². The van der Waals surface area contributed by atoms with Crippen LogP contribution in [-0.4, -0.2) is 43.2 Å². The predicted octanol–water partition coefficient (Wildman–Crippen LogP) is 5.19. The van der Waals surface area contributed by atoms with E-state index in [-0.39, 0.29) is 46.1 Å². The van der Waals surface area contributed by atoms with Crippen molar-refractivity contribution in [1.29, 1.82) is 0 Å². The average molecular weight is 586 g/mol. The average Bonchev–Trinajstić information content (AvgIpc) is 3.25. The third-order valence-corrected chi connectivity index (χ3v) is 8.24. The van der Waals surface area contributed by atoms with Gasteiger partial charge in [0.15, 0.2) is 5.78 Å². The van der Waals surface area contributed by atoms with E-state index in [1.54, 1.807) is 19.2 Å². The maximum atomic E-state index is 13.5. The molecule has 0 bridgehead atoms. The van der Waals surface area contributed by atoms with Gasteiger partial charge in [0, 0.05) is 50.7 Å². The summed E-state index contributed by atoms with van der Waals surface area (Å²) in [5, 5.41) is 7.98. The van der Waals surface area contributed by atoms with E-state index < -0.39 is 11.7 Å². The van der Waals surface area contributed by atoms with Gasteiger partial charge in [-0.25, -0.2) is 9.97 Å². The molecular formula is C28H27ClF3N7O2. The molecule has 1 saturated carbocycles. The summed E-state index contributed by atoms with van der Waals surface area (Å²) >= 11 is 6.01. The number of hydrogen-bond acceptors (Lipinski definition) is 7. The first-order valence-corrected chi connectivity index (χ1v) is 13.5. The maximum Gasteiger partial charge on any atom is 0.419 e. The molecule has 2 aliphatic rings. The minimum absolute atomic E-state index is 0.106. The van der Waals surface area contributed by atoms with Gasteiger partial charge in [-0.2, -0.15) is 18.3 Å². The molecule has 0 spiro atoms. The zero-order chi connectivity index (χ0) is 29.4. The Labute approximate surface area is 238 Å². The minimum Gasteiger partial charge on any atom is -0.377 e. The molecule has 41 heavy (non-hydrogen) atoms. The largest absolute Gasteiger partial charge is 0.419 e. The van der Waals surface area contributed by atoms with Crippen molar-refractivity contribution in [3.05, 3.63) is 74.6 Å². The second kappa shape index (κ2) is 9.57. The number of hydrogen-bond donors (Lipinski definition) is 1. The van der Waals surface area contributed by atoms with Gasteiger partial charge < -0.3 is 10.2 Å². The molecule has 2 fully saturated rings. The molecule has 1 aromatic carbocycles. The zero-order valence-corrected chi connectivity index (χ0v) is 23.5. The highest BCUT2D eigenvalue weighted by Gasteiger charge is 2.58. The number of carbonyl (C=O) groups is 1. The number of nitrogens with zero attached hydrogens (tertiary/aromatic N) is 6. The van der Waals surface area contributed by atoms with Crippen LogP contribution in [0.2, 0.25) is 5.15 Å². The van der Waals surface area contributed by atoms with Gasteiger partial charge in [-0.05, 0) is 37.6 Å². The van der Waals surface area contributed by atoms with Gasteiger partial charge >= 0.3 is 6.18 Å². The van der Waals surface area contributed by atoms with Crippen LogP contribution in [0.4, 0.5) is 24.8 Å². The normalized spacial score (nSPS) is 20.8. The molecule has 4 heterocycles. The molecule has 3 aromatic heterocycles. The molecule has 1 saturated heterocycles. The van der Waals surface area contributed by atoms with Crippen molar-refractivity contribution < 1.29 is 18.0 Å². The molecule has 0 radical (unpaired) electrons. The second-order valence-corrected chi connectivity index (χ2v) is 11.3. The smallest absolute Gasteiger partial charge is 0.377 e. The van der Waals surface area contributed by atoms with Gasteiger partial charge in [0.25, 0.3) is 5.56 Å². The topological polar surface area (TPSA) is 97.9 Å². The van der Waals surface area contributed by atoms with E-state index in [1.165, 1.54) is 16.2 Å². The van der Waals surface area contributed by atoms with Gasteiger partial charge in [-0.3, -0.25) is 18.8 Å². The molecular weight excluding hydrogens is 559 g/mol. The van der Waals surface area contributed by atoms with Crippen LogP contribution in [-0.2, 0) is 13.2 Å². The number of rotatable bonds is 6. The third-order valence-electron chi connectivity index (χ3n) is 8.03. The van der Waals surface area contributed by atoms with Gasteiger partial charge in [0.1, 0.15) is 10.8 Å². The summed E-state index contributed by atoms with van der Waals surface area (Å²) in [6.07, 6.45) is -2.51. The SMILES string of the molecule is CC(=O)c1nc(Cl)ccc1N[C@H](C)c1cc(C)cc2c(=O)n(C)c(N3C[C@@H]4C(n5cc(C(F)(F)F)cn5)[C@@H]4C3)nc12. The van der Waals surface area contributed by atoms with Crippen molar-refractivity contribution in [3.63, 3.8) is 0 Å². The van der Waals surface area contributed by atoms with E-state index in [2.05, 4.69) is 15.4 Å². The van der Waals surface area contributed by atoms with Crippen molar-refractivity contribution in [2.45, 2.75) is 39.0 Å². The van der Waals surface area contributed by atoms with Crippen molar-refractivity contribution in [2.24, 2.45) is 18.9 Å². The Morgan fingerprint density at radius 1 is 1.17 bits per heavy atom. The number of fused-ring (bicyclic) bond motifs is 2. The van der Waals surface area contributed by atoms with Crippen molar-refractivity contribution in [1.82, 2.24) is 24.3 Å². The van der Waals surface area contributed by atoms with Crippen LogP contribution < -0.4 is 15.8 Å². The Hall–Kier alpha value is -3.93. The van der Waals surface area contributed by atoms with Gasteiger partial charge in [-0.1, -0.05) is 17.7 Å². The van der Waals surface area contributed by atoms with Gasteiger partial charge in [0.2, 0.25) is 5.95 Å². The predicted molar refractivity (Wildman–Crippen MR) is 148 cm³/mol. The Morgan fingerprint density at radius 3 is 2.51 bits per heavy atom. The number of halogens is 4. The lowest BCUT2D eigenvalue weighted by Gasteiger charge is -2.25. The fourth-order valence-corrected chi connectivity index (χ4v) is 6.13. The van der Waals surface area contributed by atoms with Crippen molar-refractivity contribution in [2.75, 3.05) is 23.3 Å². The Kier molecular flexibility index (Phi) is 6.36. The summed E-state index contributed by atoms with van der Waals surface area (Å²) in [4.78, 5) is 36.8. The number of pyridine rings is 1. The number of anilines is 2. The van der Waals surface area contributed by atoms with Crippen LogP contribution in [0.15, 0.2) is 41.5 Å². The molecule has 1 N–H and O–H groups in total. The van der Waals surface area contributed by atoms with Crippen molar-refractivity contribution >= 4 is 39.9 Å². The van der Waals surface area contributed by atoms with Crippen LogP contribution in [0.1, 0.15) is 53.1 Å². The molecule has 0 amide bonds. The van der Waals surface area contributed by atoms with Crippen LogP contribution in [0.3, 0.4) is 0 Å². The Balaban J connectivity index is 1.31. The fourth-order valence-electron chi connectivity index (χ4n) is 5.98. The number of piperidine rings is 1. The number of nitrogens with one attached hydrogen (secondary N) is 1. The first-order valence-electron chi connectivity index (χ1n) is 13.1. The van der Waals surface area contributed by atoms with E-state index in [1.807, 2.05) is 30.9 Å². The number of aromatic nitrogens is 5. The summed E-state index contributed by atoms with van der Waals surface area (Å²) in [6, 6.07) is 6.62. The second-order valence-electron chi connectivity index (χ2n) is 10.9. The molecule has 4 atom stereocenters. The number of ketones is 1. The maximum absolute atomic E-state index is 13.5. The molecule has 1 aliphatic carbocycles. The van der Waals surface area contributed by atoms with E-state index in [4.69, 9.17) is 16.6 Å². The number of aryl methyl sites for hydroxylation is 1. The van der Waals surface area contributed by atoms with E-state index in [0.29, 0.717) is 35.6 Å². The summed E-state index contributed by atoms with van der Waals surface area (Å²) in [6.45, 7) is 6.34.